The van der Waals surface area contributed by atoms with Crippen LogP contribution < -0.4 is 26.8 Å². The first kappa shape index (κ1) is 27.1. The third-order valence-corrected chi connectivity index (χ3v) is 6.84. The number of aromatic nitrogens is 3. The highest BCUT2D eigenvalue weighted by atomic mass is 79.9. The van der Waals surface area contributed by atoms with E-state index in [0.29, 0.717) is 25.0 Å². The molecule has 0 saturated carbocycles. The minimum Gasteiger partial charge on any atom is -0.495 e. The van der Waals surface area contributed by atoms with E-state index in [0.717, 1.165) is 64.3 Å². The predicted octanol–water partition coefficient (Wildman–Crippen LogP) is 1.94. The number of hydrogen-bond acceptors (Lipinski definition) is 7. The number of ether oxygens (including phenoxy) is 1. The van der Waals surface area contributed by atoms with Crippen LogP contribution in [-0.2, 0) is 11.5 Å². The molecule has 0 aliphatic heterocycles. The van der Waals surface area contributed by atoms with Crippen LogP contribution in [0.25, 0.3) is 0 Å². The normalized spacial score (nSPS) is 12.1. The van der Waals surface area contributed by atoms with Gasteiger partial charge in [-0.3, -0.25) is 15.0 Å². The fourth-order valence-electron chi connectivity index (χ4n) is 2.55. The van der Waals surface area contributed by atoms with E-state index >= 15 is 0 Å². The van der Waals surface area contributed by atoms with Crippen LogP contribution in [0.1, 0.15) is 17.8 Å². The molecule has 0 atom stereocenters. The van der Waals surface area contributed by atoms with Crippen molar-refractivity contribution in [3.8, 4) is 5.75 Å². The zero-order chi connectivity index (χ0) is 23.7. The van der Waals surface area contributed by atoms with Crippen LogP contribution in [0.3, 0.4) is 0 Å². The number of guanidine groups is 2. The SMILES string of the molecule is COc1cccnc1CSCCNC(N)=NCCCN=C(N)NCCSCc1[nH]cnc1Br. The number of aliphatic imine (C=N–C) groups is 2. The number of nitrogens with two attached hydrogens (primary N) is 2. The second-order valence-electron chi connectivity index (χ2n) is 6.67. The molecule has 13 heteroatoms. The van der Waals surface area contributed by atoms with E-state index in [9.17, 15) is 0 Å². The van der Waals surface area contributed by atoms with Gasteiger partial charge in [-0.15, -0.1) is 0 Å². The molecule has 0 bridgehead atoms. The summed E-state index contributed by atoms with van der Waals surface area (Å²) in [6, 6.07) is 3.79. The molecule has 2 aromatic rings. The van der Waals surface area contributed by atoms with Gasteiger partial charge in [-0.05, 0) is 34.5 Å². The molecule has 0 aromatic carbocycles. The van der Waals surface area contributed by atoms with Crippen molar-refractivity contribution in [1.82, 2.24) is 25.6 Å². The van der Waals surface area contributed by atoms with Gasteiger partial charge in [0.15, 0.2) is 11.9 Å². The standard InChI is InChI=1S/C20H32BrN9OS2/c1-31-17-4-2-5-24-15(17)12-32-10-8-27-19(22)25-6-3-7-26-20(23)28-9-11-33-13-16-18(21)30-14-29-16/h2,4-5,14H,3,6-13H2,1H3,(H,29,30)(H3,22,25,27)(H3,23,26,28). The minimum absolute atomic E-state index is 0.446. The lowest BCUT2D eigenvalue weighted by Gasteiger charge is -2.08. The quantitative estimate of drug-likeness (QED) is 0.125. The summed E-state index contributed by atoms with van der Waals surface area (Å²) in [6.07, 6.45) is 4.23. The first-order chi connectivity index (χ1) is 16.1. The Kier molecular flexibility index (Phi) is 13.6. The molecule has 0 radical (unpaired) electrons. The van der Waals surface area contributed by atoms with E-state index in [1.54, 1.807) is 43.2 Å². The fraction of sp³-hybridized carbons (Fsp3) is 0.500. The van der Waals surface area contributed by atoms with Gasteiger partial charge >= 0.3 is 0 Å². The molecule has 2 rings (SSSR count). The molecule has 2 heterocycles. The van der Waals surface area contributed by atoms with E-state index in [1.807, 2.05) is 12.1 Å². The number of thioether (sulfide) groups is 2. The second-order valence-corrected chi connectivity index (χ2v) is 9.63. The number of methoxy groups -OCH3 is 1. The monoisotopic (exact) mass is 557 g/mol. The molecule has 0 aliphatic rings. The molecule has 0 aliphatic carbocycles. The number of halogens is 1. The highest BCUT2D eigenvalue weighted by Gasteiger charge is 2.03. The number of aromatic amines is 1. The van der Waals surface area contributed by atoms with Gasteiger partial charge < -0.3 is 31.8 Å². The van der Waals surface area contributed by atoms with Crippen molar-refractivity contribution in [3.63, 3.8) is 0 Å². The summed E-state index contributed by atoms with van der Waals surface area (Å²) in [4.78, 5) is 20.2. The molecule has 7 N–H and O–H groups in total. The van der Waals surface area contributed by atoms with Crippen LogP contribution in [-0.4, -0.2) is 71.7 Å². The summed E-state index contributed by atoms with van der Waals surface area (Å²) in [6.45, 7) is 2.69. The lowest BCUT2D eigenvalue weighted by Crippen LogP contribution is -2.34. The maximum Gasteiger partial charge on any atom is 0.188 e. The molecular weight excluding hydrogens is 526 g/mol. The second kappa shape index (κ2) is 16.5. The molecule has 0 saturated heterocycles. The minimum atomic E-state index is 0.446. The zero-order valence-corrected chi connectivity index (χ0v) is 21.9. The van der Waals surface area contributed by atoms with Gasteiger partial charge in [0, 0.05) is 55.4 Å². The van der Waals surface area contributed by atoms with Gasteiger partial charge in [-0.2, -0.15) is 23.5 Å². The van der Waals surface area contributed by atoms with Crippen LogP contribution in [0.15, 0.2) is 39.2 Å². The molecule has 182 valence electrons. The van der Waals surface area contributed by atoms with Gasteiger partial charge in [-0.25, -0.2) is 4.98 Å². The van der Waals surface area contributed by atoms with Gasteiger partial charge in [0.1, 0.15) is 10.4 Å². The summed E-state index contributed by atoms with van der Waals surface area (Å²) < 4.78 is 6.17. The number of nitrogens with one attached hydrogen (secondary N) is 3. The summed E-state index contributed by atoms with van der Waals surface area (Å²) >= 11 is 6.95. The fourth-order valence-corrected chi connectivity index (χ4v) is 4.71. The van der Waals surface area contributed by atoms with Gasteiger partial charge in [0.25, 0.3) is 0 Å². The largest absolute Gasteiger partial charge is 0.495 e. The Hall–Kier alpha value is -2.12. The van der Waals surface area contributed by atoms with Crippen LogP contribution in [0.2, 0.25) is 0 Å². The Labute approximate surface area is 211 Å². The lowest BCUT2D eigenvalue weighted by atomic mass is 10.3. The number of hydrogen-bond donors (Lipinski definition) is 5. The third-order valence-electron chi connectivity index (χ3n) is 4.20. The Morgan fingerprint density at radius 1 is 1.09 bits per heavy atom. The highest BCUT2D eigenvalue weighted by molar-refractivity contribution is 9.10. The summed E-state index contributed by atoms with van der Waals surface area (Å²) in [5.74, 6) is 5.18. The molecule has 2 aromatic heterocycles. The van der Waals surface area contributed by atoms with Gasteiger partial charge in [0.2, 0.25) is 0 Å². The molecule has 0 spiro atoms. The van der Waals surface area contributed by atoms with Crippen LogP contribution in [0, 0.1) is 0 Å². The topological polar surface area (TPSA) is 152 Å². The van der Waals surface area contributed by atoms with E-state index in [-0.39, 0.29) is 0 Å². The van der Waals surface area contributed by atoms with Crippen molar-refractivity contribution < 1.29 is 4.74 Å². The molecule has 0 unspecified atom stereocenters. The maximum atomic E-state index is 5.91. The Balaban J connectivity index is 1.46. The highest BCUT2D eigenvalue weighted by Crippen LogP contribution is 2.20. The first-order valence-corrected chi connectivity index (χ1v) is 13.6. The van der Waals surface area contributed by atoms with Gasteiger partial charge in [0.05, 0.1) is 24.8 Å². The van der Waals surface area contributed by atoms with Crippen molar-refractivity contribution in [2.24, 2.45) is 21.5 Å². The molecular formula is C20H32BrN9OS2. The molecule has 33 heavy (non-hydrogen) atoms. The number of nitrogens with zero attached hydrogens (tertiary/aromatic N) is 4. The summed E-state index contributed by atoms with van der Waals surface area (Å²) in [5, 5.41) is 6.24. The Bertz CT molecular complexity index is 879. The van der Waals surface area contributed by atoms with Gasteiger partial charge in [-0.1, -0.05) is 0 Å². The maximum absolute atomic E-state index is 5.91. The van der Waals surface area contributed by atoms with E-state index in [1.165, 1.54) is 0 Å². The number of rotatable bonds is 15. The van der Waals surface area contributed by atoms with Crippen molar-refractivity contribution in [2.75, 3.05) is 44.8 Å². The first-order valence-electron chi connectivity index (χ1n) is 10.5. The van der Waals surface area contributed by atoms with Crippen LogP contribution in [0.4, 0.5) is 0 Å². The number of H-pyrrole nitrogens is 1. The Morgan fingerprint density at radius 3 is 2.36 bits per heavy atom. The molecule has 10 nitrogen and oxygen atoms in total. The van der Waals surface area contributed by atoms with E-state index in [2.05, 4.69) is 51.5 Å². The van der Waals surface area contributed by atoms with E-state index < -0.39 is 0 Å². The third kappa shape index (κ3) is 11.5. The van der Waals surface area contributed by atoms with Crippen molar-refractivity contribution in [3.05, 3.63) is 40.6 Å². The van der Waals surface area contributed by atoms with E-state index in [4.69, 9.17) is 16.2 Å². The Morgan fingerprint density at radius 2 is 1.76 bits per heavy atom. The lowest BCUT2D eigenvalue weighted by molar-refractivity contribution is 0.409. The molecule has 0 amide bonds. The van der Waals surface area contributed by atoms with Crippen LogP contribution in [0.5, 0.6) is 5.75 Å². The average Bonchev–Trinajstić information content (AvgIpc) is 3.23. The average molecular weight is 559 g/mol. The van der Waals surface area contributed by atoms with Crippen molar-refractivity contribution >= 4 is 51.4 Å². The molecule has 0 fully saturated rings. The summed E-state index contributed by atoms with van der Waals surface area (Å²) in [5.41, 5.74) is 13.8. The number of imidazole rings is 1. The number of pyridine rings is 1. The summed E-state index contributed by atoms with van der Waals surface area (Å²) in [7, 11) is 1.66. The van der Waals surface area contributed by atoms with Crippen molar-refractivity contribution in [2.45, 2.75) is 17.9 Å². The zero-order valence-electron chi connectivity index (χ0n) is 18.7. The van der Waals surface area contributed by atoms with Crippen molar-refractivity contribution in [1.29, 1.82) is 0 Å². The smallest absolute Gasteiger partial charge is 0.188 e. The predicted molar refractivity (Wildman–Crippen MR) is 143 cm³/mol. The van der Waals surface area contributed by atoms with Crippen LogP contribution >= 0.6 is 39.5 Å².